The van der Waals surface area contributed by atoms with Gasteiger partial charge in [-0.2, -0.15) is 0 Å². The molecule has 1 N–H and O–H groups in total. The van der Waals surface area contributed by atoms with Gasteiger partial charge in [-0.25, -0.2) is 0 Å². The van der Waals surface area contributed by atoms with Crippen molar-refractivity contribution in [3.63, 3.8) is 0 Å². The minimum absolute atomic E-state index is 0.647. The number of nitrogens with zero attached hydrogens (tertiary/aromatic N) is 1. The molecule has 0 aliphatic heterocycles. The number of hydrogen-bond acceptors (Lipinski definition) is 2. The van der Waals surface area contributed by atoms with Crippen LogP contribution in [0.2, 0.25) is 0 Å². The first-order chi connectivity index (χ1) is 5.60. The van der Waals surface area contributed by atoms with Crippen LogP contribution in [-0.4, -0.2) is 38.1 Å². The van der Waals surface area contributed by atoms with Crippen LogP contribution in [0.3, 0.4) is 0 Å². The zero-order chi connectivity index (χ0) is 9.56. The lowest BCUT2D eigenvalue weighted by atomic mass is 10.2. The summed E-state index contributed by atoms with van der Waals surface area (Å²) in [6.07, 6.45) is 1.21. The van der Waals surface area contributed by atoms with Crippen LogP contribution >= 0.6 is 0 Å². The van der Waals surface area contributed by atoms with Crippen LogP contribution in [0.15, 0.2) is 0 Å². The molecule has 0 bridgehead atoms. The van der Waals surface area contributed by atoms with E-state index in [-0.39, 0.29) is 0 Å². The third-order valence-corrected chi connectivity index (χ3v) is 2.11. The van der Waals surface area contributed by atoms with Crippen LogP contribution in [-0.2, 0) is 0 Å². The van der Waals surface area contributed by atoms with Gasteiger partial charge in [-0.05, 0) is 26.4 Å². The van der Waals surface area contributed by atoms with E-state index in [4.69, 9.17) is 0 Å². The van der Waals surface area contributed by atoms with Crippen molar-refractivity contribution in [3.8, 4) is 0 Å². The first-order valence-corrected chi connectivity index (χ1v) is 4.95. The number of nitrogens with one attached hydrogen (secondary N) is 1. The quantitative estimate of drug-likeness (QED) is 0.654. The molecule has 0 aliphatic carbocycles. The zero-order valence-corrected chi connectivity index (χ0v) is 9.22. The van der Waals surface area contributed by atoms with E-state index in [1.165, 1.54) is 13.0 Å². The first-order valence-electron chi connectivity index (χ1n) is 4.95. The molecule has 0 aromatic heterocycles. The van der Waals surface area contributed by atoms with Gasteiger partial charge in [-0.1, -0.05) is 20.8 Å². The van der Waals surface area contributed by atoms with Crippen LogP contribution in [0, 0.1) is 5.92 Å². The Hall–Kier alpha value is -0.0800. The Labute approximate surface area is 77.3 Å². The molecule has 1 unspecified atom stereocenters. The molecule has 12 heavy (non-hydrogen) atoms. The average Bonchev–Trinajstić information content (AvgIpc) is 1.98. The maximum Gasteiger partial charge on any atom is 0.0189 e. The molecule has 0 aromatic carbocycles. The average molecular weight is 172 g/mol. The molecule has 0 aromatic rings. The highest BCUT2D eigenvalue weighted by molar-refractivity contribution is 4.67. The van der Waals surface area contributed by atoms with Crippen molar-refractivity contribution in [1.29, 1.82) is 0 Å². The predicted octanol–water partition coefficient (Wildman–Crippen LogP) is 1.57. The zero-order valence-electron chi connectivity index (χ0n) is 9.22. The lowest BCUT2D eigenvalue weighted by molar-refractivity contribution is 0.263. The van der Waals surface area contributed by atoms with E-state index >= 15 is 0 Å². The third kappa shape index (κ3) is 5.56. The normalized spacial score (nSPS) is 14.2. The molecule has 2 nitrogen and oxygen atoms in total. The summed E-state index contributed by atoms with van der Waals surface area (Å²) >= 11 is 0. The highest BCUT2D eigenvalue weighted by Crippen LogP contribution is 1.98. The molecular weight excluding hydrogens is 148 g/mol. The summed E-state index contributed by atoms with van der Waals surface area (Å²) in [5.41, 5.74) is 0. The van der Waals surface area contributed by atoms with E-state index in [1.807, 2.05) is 7.05 Å². The summed E-state index contributed by atoms with van der Waals surface area (Å²) in [4.78, 5) is 2.40. The van der Waals surface area contributed by atoms with E-state index < -0.39 is 0 Å². The summed E-state index contributed by atoms with van der Waals surface area (Å²) in [5, 5.41) is 3.31. The monoisotopic (exact) mass is 172 g/mol. The minimum Gasteiger partial charge on any atom is -0.316 e. The van der Waals surface area contributed by atoms with Gasteiger partial charge in [0.25, 0.3) is 0 Å². The fourth-order valence-electron chi connectivity index (χ4n) is 1.50. The van der Waals surface area contributed by atoms with Crippen molar-refractivity contribution in [2.45, 2.75) is 33.2 Å². The van der Waals surface area contributed by atoms with E-state index in [1.54, 1.807) is 0 Å². The van der Waals surface area contributed by atoms with Gasteiger partial charge in [0, 0.05) is 19.1 Å². The molecule has 0 radical (unpaired) electrons. The van der Waals surface area contributed by atoms with Crippen molar-refractivity contribution >= 4 is 0 Å². The molecule has 1 atom stereocenters. The van der Waals surface area contributed by atoms with Gasteiger partial charge in [0.1, 0.15) is 0 Å². The molecule has 0 amide bonds. The highest BCUT2D eigenvalue weighted by atomic mass is 15.1. The molecule has 0 heterocycles. The van der Waals surface area contributed by atoms with E-state index in [0.717, 1.165) is 12.5 Å². The second-order valence-electron chi connectivity index (χ2n) is 4.01. The standard InChI is InChI=1S/C10H24N2/c1-6-10(11-4)8-12(5)7-9(2)3/h9-11H,6-8H2,1-5H3. The maximum absolute atomic E-state index is 3.31. The molecule has 0 saturated heterocycles. The van der Waals surface area contributed by atoms with Gasteiger partial charge in [0.05, 0.1) is 0 Å². The van der Waals surface area contributed by atoms with Gasteiger partial charge in [0.15, 0.2) is 0 Å². The van der Waals surface area contributed by atoms with Crippen LogP contribution in [0.4, 0.5) is 0 Å². The Kier molecular flexibility index (Phi) is 6.39. The Morgan fingerprint density at radius 1 is 1.25 bits per heavy atom. The van der Waals surface area contributed by atoms with Gasteiger partial charge in [0.2, 0.25) is 0 Å². The summed E-state index contributed by atoms with van der Waals surface area (Å²) in [6.45, 7) is 9.10. The third-order valence-electron chi connectivity index (χ3n) is 2.11. The molecule has 74 valence electrons. The van der Waals surface area contributed by atoms with Gasteiger partial charge in [-0.3, -0.25) is 0 Å². The van der Waals surface area contributed by atoms with E-state index in [9.17, 15) is 0 Å². The second kappa shape index (κ2) is 6.44. The Bertz CT molecular complexity index is 98.0. The largest absolute Gasteiger partial charge is 0.316 e. The van der Waals surface area contributed by atoms with Crippen molar-refractivity contribution in [2.75, 3.05) is 27.2 Å². The SMILES string of the molecule is CCC(CN(C)CC(C)C)NC. The molecule has 0 rings (SSSR count). The second-order valence-corrected chi connectivity index (χ2v) is 4.01. The van der Waals surface area contributed by atoms with Crippen LogP contribution in [0.25, 0.3) is 0 Å². The van der Waals surface area contributed by atoms with Crippen molar-refractivity contribution < 1.29 is 0 Å². The van der Waals surface area contributed by atoms with Crippen LogP contribution in [0.5, 0.6) is 0 Å². The first kappa shape index (κ1) is 11.9. The van der Waals surface area contributed by atoms with Crippen LogP contribution in [0.1, 0.15) is 27.2 Å². The Balaban J connectivity index is 3.58. The highest BCUT2D eigenvalue weighted by Gasteiger charge is 2.07. The molecule has 0 aliphatic rings. The summed E-state index contributed by atoms with van der Waals surface area (Å²) in [7, 11) is 4.23. The Morgan fingerprint density at radius 2 is 1.83 bits per heavy atom. The fourth-order valence-corrected chi connectivity index (χ4v) is 1.50. The van der Waals surface area contributed by atoms with Gasteiger partial charge >= 0.3 is 0 Å². The summed E-state index contributed by atoms with van der Waals surface area (Å²) < 4.78 is 0. The number of rotatable bonds is 6. The Morgan fingerprint density at radius 3 is 2.17 bits per heavy atom. The van der Waals surface area contributed by atoms with Gasteiger partial charge < -0.3 is 10.2 Å². The number of likely N-dealkylation sites (N-methyl/N-ethyl adjacent to an activating group) is 2. The topological polar surface area (TPSA) is 15.3 Å². The summed E-state index contributed by atoms with van der Waals surface area (Å²) in [6, 6.07) is 0.647. The maximum atomic E-state index is 3.31. The van der Waals surface area contributed by atoms with Crippen molar-refractivity contribution in [3.05, 3.63) is 0 Å². The molecular formula is C10H24N2. The van der Waals surface area contributed by atoms with Crippen LogP contribution < -0.4 is 5.32 Å². The molecule has 0 spiro atoms. The van der Waals surface area contributed by atoms with Gasteiger partial charge in [-0.15, -0.1) is 0 Å². The molecule has 0 fully saturated rings. The lowest BCUT2D eigenvalue weighted by Gasteiger charge is -2.24. The summed E-state index contributed by atoms with van der Waals surface area (Å²) in [5.74, 6) is 0.768. The van der Waals surface area contributed by atoms with E-state index in [2.05, 4.69) is 38.0 Å². The number of hydrogen-bond donors (Lipinski definition) is 1. The van der Waals surface area contributed by atoms with Crippen molar-refractivity contribution in [2.24, 2.45) is 5.92 Å². The van der Waals surface area contributed by atoms with Crippen molar-refractivity contribution in [1.82, 2.24) is 10.2 Å². The minimum atomic E-state index is 0.647. The van der Waals surface area contributed by atoms with E-state index in [0.29, 0.717) is 6.04 Å². The fraction of sp³-hybridized carbons (Fsp3) is 1.00. The molecule has 2 heteroatoms. The molecule has 0 saturated carbocycles. The smallest absolute Gasteiger partial charge is 0.0189 e. The lowest BCUT2D eigenvalue weighted by Crippen LogP contribution is -2.38. The predicted molar refractivity (Wildman–Crippen MR) is 55.5 cm³/mol.